The van der Waals surface area contributed by atoms with Gasteiger partial charge >= 0.3 is 0 Å². The normalized spacial score (nSPS) is 12.5. The van der Waals surface area contributed by atoms with Crippen molar-refractivity contribution < 1.29 is 9.90 Å². The molecule has 0 saturated heterocycles. The van der Waals surface area contributed by atoms with Gasteiger partial charge in [-0.1, -0.05) is 32.0 Å². The van der Waals surface area contributed by atoms with Crippen LogP contribution in [0.4, 0.5) is 0 Å². The molecule has 3 nitrogen and oxygen atoms in total. The van der Waals surface area contributed by atoms with E-state index in [-0.39, 0.29) is 11.8 Å². The van der Waals surface area contributed by atoms with Crippen molar-refractivity contribution in [2.75, 3.05) is 12.3 Å². The lowest BCUT2D eigenvalue weighted by molar-refractivity contribution is -0.119. The van der Waals surface area contributed by atoms with E-state index in [9.17, 15) is 9.90 Å². The van der Waals surface area contributed by atoms with Gasteiger partial charge in [0.25, 0.3) is 0 Å². The van der Waals surface area contributed by atoms with Crippen LogP contribution >= 0.6 is 11.8 Å². The van der Waals surface area contributed by atoms with E-state index in [4.69, 9.17) is 0 Å². The Bertz CT molecular complexity index is 341. The Balaban J connectivity index is 2.22. The third-order valence-corrected chi connectivity index (χ3v) is 3.40. The molecule has 1 aromatic rings. The Morgan fingerprint density at radius 3 is 2.59 bits per heavy atom. The molecule has 0 heterocycles. The number of hydrogen-bond acceptors (Lipinski definition) is 3. The maximum Gasteiger partial charge on any atom is 0.230 e. The van der Waals surface area contributed by atoms with Crippen molar-refractivity contribution in [2.24, 2.45) is 5.92 Å². The minimum Gasteiger partial charge on any atom is -0.391 e. The number of aliphatic hydroxyl groups is 1. The van der Waals surface area contributed by atoms with E-state index < -0.39 is 6.10 Å². The summed E-state index contributed by atoms with van der Waals surface area (Å²) in [5.74, 6) is 0.505. The number of aliphatic hydroxyl groups excluding tert-OH is 1. The van der Waals surface area contributed by atoms with Crippen LogP contribution in [0.25, 0.3) is 0 Å². The van der Waals surface area contributed by atoms with Gasteiger partial charge in [-0.25, -0.2) is 0 Å². The van der Waals surface area contributed by atoms with Crippen LogP contribution in [0.1, 0.15) is 13.8 Å². The number of amides is 1. The summed E-state index contributed by atoms with van der Waals surface area (Å²) in [6.07, 6.45) is -0.472. The van der Waals surface area contributed by atoms with Crippen LogP contribution in [0.5, 0.6) is 0 Å². The van der Waals surface area contributed by atoms with Crippen LogP contribution in [0.3, 0.4) is 0 Å². The van der Waals surface area contributed by atoms with Crippen LogP contribution in [0, 0.1) is 5.92 Å². The van der Waals surface area contributed by atoms with Crippen LogP contribution in [0.15, 0.2) is 35.2 Å². The highest BCUT2D eigenvalue weighted by molar-refractivity contribution is 8.00. The lowest BCUT2D eigenvalue weighted by Crippen LogP contribution is -2.35. The third kappa shape index (κ3) is 5.75. The Morgan fingerprint density at radius 1 is 1.35 bits per heavy atom. The van der Waals surface area contributed by atoms with Crippen LogP contribution < -0.4 is 5.32 Å². The van der Waals surface area contributed by atoms with E-state index in [0.29, 0.717) is 12.3 Å². The van der Waals surface area contributed by atoms with Gasteiger partial charge in [-0.15, -0.1) is 11.8 Å². The van der Waals surface area contributed by atoms with Gasteiger partial charge in [0.15, 0.2) is 0 Å². The smallest absolute Gasteiger partial charge is 0.230 e. The van der Waals surface area contributed by atoms with Crippen LogP contribution in [0.2, 0.25) is 0 Å². The molecule has 0 bridgehead atoms. The van der Waals surface area contributed by atoms with Crippen LogP contribution in [-0.4, -0.2) is 29.4 Å². The summed E-state index contributed by atoms with van der Waals surface area (Å²) in [5.41, 5.74) is 0. The maximum absolute atomic E-state index is 11.5. The fourth-order valence-corrected chi connectivity index (χ4v) is 1.92. The highest BCUT2D eigenvalue weighted by atomic mass is 32.2. The fourth-order valence-electron chi connectivity index (χ4n) is 1.17. The summed E-state index contributed by atoms with van der Waals surface area (Å²) >= 11 is 1.49. The van der Waals surface area contributed by atoms with Gasteiger partial charge in [-0.05, 0) is 18.1 Å². The van der Waals surface area contributed by atoms with Gasteiger partial charge in [-0.3, -0.25) is 4.79 Å². The number of benzene rings is 1. The highest BCUT2D eigenvalue weighted by Gasteiger charge is 2.10. The number of thioether (sulfide) groups is 1. The molecule has 0 fully saturated rings. The van der Waals surface area contributed by atoms with Crippen LogP contribution in [-0.2, 0) is 4.79 Å². The lowest BCUT2D eigenvalue weighted by Gasteiger charge is -2.14. The standard InChI is InChI=1S/C13H19NO2S/c1-10(2)12(15)8-14-13(16)9-17-11-6-4-3-5-7-11/h3-7,10,12,15H,8-9H2,1-2H3,(H,14,16). The van der Waals surface area contributed by atoms with Crippen molar-refractivity contribution in [2.45, 2.75) is 24.8 Å². The molecule has 1 aromatic carbocycles. The summed E-state index contributed by atoms with van der Waals surface area (Å²) < 4.78 is 0. The maximum atomic E-state index is 11.5. The molecule has 0 spiro atoms. The molecule has 0 aromatic heterocycles. The Hall–Kier alpha value is -1.00. The predicted molar refractivity (Wildman–Crippen MR) is 71.0 cm³/mol. The first-order chi connectivity index (χ1) is 8.09. The van der Waals surface area contributed by atoms with Gasteiger partial charge < -0.3 is 10.4 Å². The molecule has 1 atom stereocenters. The second-order valence-electron chi connectivity index (χ2n) is 4.22. The summed E-state index contributed by atoms with van der Waals surface area (Å²) in [7, 11) is 0. The topological polar surface area (TPSA) is 49.3 Å². The molecule has 0 aliphatic heterocycles. The second kappa shape index (κ2) is 7.35. The SMILES string of the molecule is CC(C)C(O)CNC(=O)CSc1ccccc1. The molecule has 1 unspecified atom stereocenters. The number of hydrogen-bond donors (Lipinski definition) is 2. The lowest BCUT2D eigenvalue weighted by atomic mass is 10.1. The van der Waals surface area contributed by atoms with Crippen molar-refractivity contribution in [1.82, 2.24) is 5.32 Å². The van der Waals surface area contributed by atoms with Gasteiger partial charge in [0.1, 0.15) is 0 Å². The number of rotatable bonds is 6. The zero-order valence-electron chi connectivity index (χ0n) is 10.2. The third-order valence-electron chi connectivity index (χ3n) is 2.39. The molecule has 94 valence electrons. The average Bonchev–Trinajstić information content (AvgIpc) is 2.34. The Morgan fingerprint density at radius 2 is 2.00 bits per heavy atom. The van der Waals surface area contributed by atoms with Crippen molar-refractivity contribution in [3.05, 3.63) is 30.3 Å². The molecule has 0 saturated carbocycles. The first kappa shape index (κ1) is 14.1. The highest BCUT2D eigenvalue weighted by Crippen LogP contribution is 2.16. The summed E-state index contributed by atoms with van der Waals surface area (Å²) in [4.78, 5) is 12.6. The number of carbonyl (C=O) groups is 1. The molecule has 1 rings (SSSR count). The van der Waals surface area contributed by atoms with Crippen molar-refractivity contribution in [3.63, 3.8) is 0 Å². The molecular weight excluding hydrogens is 234 g/mol. The van der Waals surface area contributed by atoms with E-state index in [1.54, 1.807) is 0 Å². The quantitative estimate of drug-likeness (QED) is 0.761. The van der Waals surface area contributed by atoms with Crippen molar-refractivity contribution in [1.29, 1.82) is 0 Å². The molecule has 4 heteroatoms. The molecule has 17 heavy (non-hydrogen) atoms. The van der Waals surface area contributed by atoms with Gasteiger partial charge in [0.2, 0.25) is 5.91 Å². The predicted octanol–water partition coefficient (Wildman–Crippen LogP) is 1.91. The molecule has 0 aliphatic rings. The first-order valence-corrected chi connectivity index (χ1v) is 6.70. The number of nitrogens with one attached hydrogen (secondary N) is 1. The summed E-state index contributed by atoms with van der Waals surface area (Å²) in [6.45, 7) is 4.18. The summed E-state index contributed by atoms with van der Waals surface area (Å²) in [6, 6.07) is 9.79. The molecule has 2 N–H and O–H groups in total. The zero-order chi connectivity index (χ0) is 12.7. The second-order valence-corrected chi connectivity index (χ2v) is 5.27. The minimum absolute atomic E-state index is 0.0430. The average molecular weight is 253 g/mol. The molecule has 1 amide bonds. The monoisotopic (exact) mass is 253 g/mol. The molecular formula is C13H19NO2S. The van der Waals surface area contributed by atoms with Crippen molar-refractivity contribution in [3.8, 4) is 0 Å². The number of carbonyl (C=O) groups excluding carboxylic acids is 1. The zero-order valence-corrected chi connectivity index (χ0v) is 11.0. The largest absolute Gasteiger partial charge is 0.391 e. The van der Waals surface area contributed by atoms with E-state index in [2.05, 4.69) is 5.32 Å². The summed E-state index contributed by atoms with van der Waals surface area (Å²) in [5, 5.41) is 12.3. The Kier molecular flexibility index (Phi) is 6.08. The van der Waals surface area contributed by atoms with Gasteiger partial charge in [0, 0.05) is 11.4 Å². The molecule has 0 aliphatic carbocycles. The Labute approximate surface area is 107 Å². The van der Waals surface area contributed by atoms with Gasteiger partial charge in [-0.2, -0.15) is 0 Å². The fraction of sp³-hybridized carbons (Fsp3) is 0.462. The van der Waals surface area contributed by atoms with E-state index in [0.717, 1.165) is 4.90 Å². The van der Waals surface area contributed by atoms with Crippen molar-refractivity contribution >= 4 is 17.7 Å². The van der Waals surface area contributed by atoms with E-state index >= 15 is 0 Å². The van der Waals surface area contributed by atoms with Gasteiger partial charge in [0.05, 0.1) is 11.9 Å². The minimum atomic E-state index is -0.472. The van der Waals surface area contributed by atoms with E-state index in [1.165, 1.54) is 11.8 Å². The van der Waals surface area contributed by atoms with E-state index in [1.807, 2.05) is 44.2 Å². The molecule has 0 radical (unpaired) electrons. The first-order valence-electron chi connectivity index (χ1n) is 5.72.